The SMILES string of the molecule is CC(C)OC(=O)C1=CC=CN2CCCCC12C(=O)OC(C)C. The second-order valence-corrected chi connectivity index (χ2v) is 6.34. The molecule has 0 bridgehead atoms. The van der Waals surface area contributed by atoms with Gasteiger partial charge in [-0.2, -0.15) is 0 Å². The number of ether oxygens (including phenoxy) is 2. The molecule has 0 aromatic heterocycles. The third-order valence-electron chi connectivity index (χ3n) is 3.90. The van der Waals surface area contributed by atoms with E-state index < -0.39 is 11.5 Å². The van der Waals surface area contributed by atoms with Crippen molar-refractivity contribution in [2.75, 3.05) is 6.54 Å². The number of hydrogen-bond acceptors (Lipinski definition) is 5. The zero-order valence-corrected chi connectivity index (χ0v) is 13.8. The molecule has 1 saturated heterocycles. The van der Waals surface area contributed by atoms with Gasteiger partial charge in [-0.3, -0.25) is 0 Å². The fraction of sp³-hybridized carbons (Fsp3) is 0.647. The molecule has 2 aliphatic heterocycles. The highest BCUT2D eigenvalue weighted by Crippen LogP contribution is 2.39. The summed E-state index contributed by atoms with van der Waals surface area (Å²) < 4.78 is 10.8. The van der Waals surface area contributed by atoms with E-state index in [4.69, 9.17) is 9.47 Å². The van der Waals surface area contributed by atoms with Crippen molar-refractivity contribution in [3.63, 3.8) is 0 Å². The molecule has 2 aliphatic rings. The number of nitrogens with zero attached hydrogens (tertiary/aromatic N) is 1. The summed E-state index contributed by atoms with van der Waals surface area (Å²) in [4.78, 5) is 27.2. The fourth-order valence-electron chi connectivity index (χ4n) is 3.02. The Labute approximate surface area is 131 Å². The van der Waals surface area contributed by atoms with Gasteiger partial charge in [0.05, 0.1) is 17.8 Å². The molecule has 5 nitrogen and oxygen atoms in total. The lowest BCUT2D eigenvalue weighted by Gasteiger charge is -2.46. The van der Waals surface area contributed by atoms with Crippen LogP contribution in [0.3, 0.4) is 0 Å². The van der Waals surface area contributed by atoms with E-state index in [2.05, 4.69) is 0 Å². The van der Waals surface area contributed by atoms with Crippen LogP contribution in [-0.4, -0.2) is 41.1 Å². The molecular weight excluding hydrogens is 282 g/mol. The van der Waals surface area contributed by atoms with Crippen molar-refractivity contribution < 1.29 is 19.1 Å². The first-order valence-electron chi connectivity index (χ1n) is 7.95. The molecule has 0 aromatic rings. The Kier molecular flexibility index (Phi) is 4.94. The molecule has 0 aromatic carbocycles. The van der Waals surface area contributed by atoms with Gasteiger partial charge in [-0.15, -0.1) is 0 Å². The third-order valence-corrected chi connectivity index (χ3v) is 3.90. The van der Waals surface area contributed by atoms with Gasteiger partial charge in [-0.1, -0.05) is 0 Å². The molecule has 5 heteroatoms. The van der Waals surface area contributed by atoms with Gasteiger partial charge < -0.3 is 14.4 Å². The van der Waals surface area contributed by atoms with Crippen LogP contribution >= 0.6 is 0 Å². The first-order valence-corrected chi connectivity index (χ1v) is 7.95. The second-order valence-electron chi connectivity index (χ2n) is 6.34. The molecule has 0 saturated carbocycles. The molecule has 2 rings (SSSR count). The molecule has 122 valence electrons. The Hall–Kier alpha value is -1.78. The summed E-state index contributed by atoms with van der Waals surface area (Å²) in [5, 5.41) is 0. The van der Waals surface area contributed by atoms with E-state index in [0.29, 0.717) is 12.0 Å². The molecule has 22 heavy (non-hydrogen) atoms. The van der Waals surface area contributed by atoms with Crippen molar-refractivity contribution in [1.29, 1.82) is 0 Å². The van der Waals surface area contributed by atoms with Gasteiger partial charge in [0.1, 0.15) is 0 Å². The maximum absolute atomic E-state index is 12.8. The van der Waals surface area contributed by atoms with Crippen molar-refractivity contribution in [1.82, 2.24) is 4.90 Å². The van der Waals surface area contributed by atoms with E-state index in [1.165, 1.54) is 0 Å². The number of esters is 2. The van der Waals surface area contributed by atoms with E-state index in [1.54, 1.807) is 26.0 Å². The van der Waals surface area contributed by atoms with Gasteiger partial charge in [0, 0.05) is 12.7 Å². The maximum atomic E-state index is 12.8. The summed E-state index contributed by atoms with van der Waals surface area (Å²) in [7, 11) is 0. The topological polar surface area (TPSA) is 55.8 Å². The van der Waals surface area contributed by atoms with Crippen molar-refractivity contribution in [3.8, 4) is 0 Å². The van der Waals surface area contributed by atoms with Crippen LogP contribution in [0.5, 0.6) is 0 Å². The summed E-state index contributed by atoms with van der Waals surface area (Å²) >= 11 is 0. The van der Waals surface area contributed by atoms with Crippen molar-refractivity contribution in [2.45, 2.75) is 64.7 Å². The third kappa shape index (κ3) is 3.03. The van der Waals surface area contributed by atoms with Gasteiger partial charge in [0.2, 0.25) is 0 Å². The van der Waals surface area contributed by atoms with Gasteiger partial charge in [0.15, 0.2) is 5.54 Å². The summed E-state index contributed by atoms with van der Waals surface area (Å²) in [5.74, 6) is -0.800. The highest BCUT2D eigenvalue weighted by atomic mass is 16.6. The van der Waals surface area contributed by atoms with Crippen molar-refractivity contribution in [3.05, 3.63) is 23.9 Å². The average Bonchev–Trinajstić information content (AvgIpc) is 2.44. The number of fused-ring (bicyclic) bond motifs is 1. The standard InChI is InChI=1S/C17H25NO4/c1-12(2)21-15(19)14-8-7-11-18-10-6-5-9-17(14,18)16(20)22-13(3)4/h7-8,11-13H,5-6,9-10H2,1-4H3. The van der Waals surface area contributed by atoms with Gasteiger partial charge >= 0.3 is 11.9 Å². The monoisotopic (exact) mass is 307 g/mol. The minimum atomic E-state index is -1.04. The molecule has 0 amide bonds. The minimum Gasteiger partial charge on any atom is -0.461 e. The number of allylic oxidation sites excluding steroid dienone is 2. The second kappa shape index (κ2) is 6.55. The molecule has 0 aliphatic carbocycles. The van der Waals surface area contributed by atoms with Crippen LogP contribution in [0.25, 0.3) is 0 Å². The number of piperidine rings is 1. The predicted molar refractivity (Wildman–Crippen MR) is 83.0 cm³/mol. The van der Waals surface area contributed by atoms with Crippen LogP contribution in [0, 0.1) is 0 Å². The summed E-state index contributed by atoms with van der Waals surface area (Å²) in [6, 6.07) is 0. The number of carbonyl (C=O) groups excluding carboxylic acids is 2. The normalized spacial score (nSPS) is 24.1. The van der Waals surface area contributed by atoms with E-state index in [-0.39, 0.29) is 18.2 Å². The highest BCUT2D eigenvalue weighted by Gasteiger charge is 2.53. The van der Waals surface area contributed by atoms with Crippen LogP contribution in [0.1, 0.15) is 47.0 Å². The zero-order chi connectivity index (χ0) is 16.3. The Morgan fingerprint density at radius 1 is 1.14 bits per heavy atom. The summed E-state index contributed by atoms with van der Waals surface area (Å²) in [6.45, 7) is 7.96. The lowest BCUT2D eigenvalue weighted by atomic mass is 9.78. The Morgan fingerprint density at radius 2 is 1.82 bits per heavy atom. The lowest BCUT2D eigenvalue weighted by Crippen LogP contribution is -2.59. The predicted octanol–water partition coefficient (Wildman–Crippen LogP) is 2.57. The number of carbonyl (C=O) groups is 2. The van der Waals surface area contributed by atoms with Crippen molar-refractivity contribution in [2.24, 2.45) is 0 Å². The molecular formula is C17H25NO4. The van der Waals surface area contributed by atoms with Crippen LogP contribution in [0.15, 0.2) is 23.9 Å². The molecule has 1 fully saturated rings. The molecule has 0 N–H and O–H groups in total. The van der Waals surface area contributed by atoms with E-state index >= 15 is 0 Å². The molecule has 0 spiro atoms. The van der Waals surface area contributed by atoms with Crippen LogP contribution in [0.4, 0.5) is 0 Å². The Morgan fingerprint density at radius 3 is 2.45 bits per heavy atom. The number of rotatable bonds is 4. The number of hydrogen-bond donors (Lipinski definition) is 0. The molecule has 1 unspecified atom stereocenters. The molecule has 1 atom stereocenters. The van der Waals surface area contributed by atoms with E-state index in [0.717, 1.165) is 19.4 Å². The molecule has 0 radical (unpaired) electrons. The van der Waals surface area contributed by atoms with E-state index in [1.807, 2.05) is 24.9 Å². The smallest absolute Gasteiger partial charge is 0.337 e. The largest absolute Gasteiger partial charge is 0.461 e. The first kappa shape index (κ1) is 16.6. The molecule has 2 heterocycles. The average molecular weight is 307 g/mol. The highest BCUT2D eigenvalue weighted by molar-refractivity contribution is 6.02. The van der Waals surface area contributed by atoms with Gasteiger partial charge in [-0.05, 0) is 59.1 Å². The lowest BCUT2D eigenvalue weighted by molar-refractivity contribution is -0.164. The van der Waals surface area contributed by atoms with Crippen LogP contribution in [0.2, 0.25) is 0 Å². The Balaban J connectivity index is 2.39. The Bertz CT molecular complexity index is 507. The zero-order valence-electron chi connectivity index (χ0n) is 13.8. The van der Waals surface area contributed by atoms with Crippen molar-refractivity contribution >= 4 is 11.9 Å². The van der Waals surface area contributed by atoms with Gasteiger partial charge in [-0.25, -0.2) is 9.59 Å². The quantitative estimate of drug-likeness (QED) is 0.747. The fourth-order valence-corrected chi connectivity index (χ4v) is 3.02. The summed E-state index contributed by atoms with van der Waals surface area (Å²) in [6.07, 6.45) is 7.34. The van der Waals surface area contributed by atoms with E-state index in [9.17, 15) is 9.59 Å². The minimum absolute atomic E-state index is 0.223. The van der Waals surface area contributed by atoms with Gasteiger partial charge in [0.25, 0.3) is 0 Å². The van der Waals surface area contributed by atoms with Crippen LogP contribution in [-0.2, 0) is 19.1 Å². The summed E-state index contributed by atoms with van der Waals surface area (Å²) in [5.41, 5.74) is -0.655. The first-order chi connectivity index (χ1) is 10.4. The maximum Gasteiger partial charge on any atom is 0.337 e. The van der Waals surface area contributed by atoms with Crippen LogP contribution < -0.4 is 0 Å².